The lowest BCUT2D eigenvalue weighted by molar-refractivity contribution is -0.384. The van der Waals surface area contributed by atoms with E-state index >= 15 is 0 Å². The average molecular weight is 416 g/mol. The minimum absolute atomic E-state index is 0.00674. The van der Waals surface area contributed by atoms with Crippen LogP contribution >= 0.6 is 23.8 Å². The van der Waals surface area contributed by atoms with Crippen LogP contribution in [0.2, 0.25) is 5.02 Å². The first-order valence-electron chi connectivity index (χ1n) is 8.45. The van der Waals surface area contributed by atoms with Crippen LogP contribution in [0.25, 0.3) is 0 Å². The topological polar surface area (TPSA) is 85.0 Å². The Morgan fingerprint density at radius 1 is 1.21 bits per heavy atom. The maximum absolute atomic E-state index is 10.9. The van der Waals surface area contributed by atoms with Crippen LogP contribution in [0.4, 0.5) is 17.1 Å². The minimum Gasteiger partial charge on any atom is -0.332 e. The van der Waals surface area contributed by atoms with Crippen LogP contribution in [0.5, 0.6) is 0 Å². The number of nitrogens with zero attached hydrogens (tertiary/aromatic N) is 3. The smallest absolute Gasteiger partial charge is 0.271 e. The number of nitro groups is 1. The molecule has 9 heteroatoms. The predicted octanol–water partition coefficient (Wildman–Crippen LogP) is 4.92. The van der Waals surface area contributed by atoms with E-state index in [2.05, 4.69) is 15.7 Å². The summed E-state index contributed by atoms with van der Waals surface area (Å²) in [6, 6.07) is 13.8. The van der Waals surface area contributed by atoms with Crippen molar-refractivity contribution in [1.82, 2.24) is 9.78 Å². The maximum atomic E-state index is 10.9. The van der Waals surface area contributed by atoms with Crippen molar-refractivity contribution in [1.29, 1.82) is 0 Å². The average Bonchev–Trinajstić information content (AvgIpc) is 2.91. The zero-order chi connectivity index (χ0) is 20.3. The first-order chi connectivity index (χ1) is 13.3. The largest absolute Gasteiger partial charge is 0.332 e. The molecule has 0 radical (unpaired) electrons. The standard InChI is InChI=1S/C19H18ClN5O2S/c1-12-18(13(2)24(23-12)11-14-6-3-4-9-17(14)20)22-19(28)21-15-7-5-8-16(10-15)25(26)27/h3-10H,11H2,1-2H3,(H2,21,22,28). The highest BCUT2D eigenvalue weighted by Crippen LogP contribution is 2.23. The SMILES string of the molecule is Cc1nn(Cc2ccccc2Cl)c(C)c1NC(=S)Nc1cccc([N+](=O)[O-])c1. The van der Waals surface area contributed by atoms with Gasteiger partial charge in [-0.25, -0.2) is 0 Å². The summed E-state index contributed by atoms with van der Waals surface area (Å²) < 4.78 is 1.86. The van der Waals surface area contributed by atoms with Gasteiger partial charge in [-0.05, 0) is 43.8 Å². The summed E-state index contributed by atoms with van der Waals surface area (Å²) in [5.41, 5.74) is 3.97. The number of hydrogen-bond acceptors (Lipinski definition) is 4. The van der Waals surface area contributed by atoms with Gasteiger partial charge in [0.2, 0.25) is 0 Å². The van der Waals surface area contributed by atoms with Gasteiger partial charge in [-0.2, -0.15) is 5.10 Å². The predicted molar refractivity (Wildman–Crippen MR) is 115 cm³/mol. The van der Waals surface area contributed by atoms with Gasteiger partial charge in [-0.15, -0.1) is 0 Å². The second-order valence-electron chi connectivity index (χ2n) is 6.18. The van der Waals surface area contributed by atoms with Gasteiger partial charge in [-0.1, -0.05) is 35.9 Å². The Labute approximate surface area is 172 Å². The van der Waals surface area contributed by atoms with Gasteiger partial charge in [0, 0.05) is 22.8 Å². The number of non-ortho nitro benzene ring substituents is 1. The molecule has 1 aromatic heterocycles. The lowest BCUT2D eigenvalue weighted by atomic mass is 10.2. The number of nitrogens with one attached hydrogen (secondary N) is 2. The van der Waals surface area contributed by atoms with Gasteiger partial charge in [-0.3, -0.25) is 14.8 Å². The number of aromatic nitrogens is 2. The van der Waals surface area contributed by atoms with E-state index in [4.69, 9.17) is 23.8 Å². The van der Waals surface area contributed by atoms with E-state index in [0.717, 1.165) is 22.6 Å². The highest BCUT2D eigenvalue weighted by molar-refractivity contribution is 7.80. The summed E-state index contributed by atoms with van der Waals surface area (Å²) in [5, 5.41) is 22.6. The van der Waals surface area contributed by atoms with Crippen molar-refractivity contribution in [2.45, 2.75) is 20.4 Å². The lowest BCUT2D eigenvalue weighted by Crippen LogP contribution is -2.20. The monoisotopic (exact) mass is 415 g/mol. The van der Waals surface area contributed by atoms with Gasteiger partial charge in [0.15, 0.2) is 5.11 Å². The Morgan fingerprint density at radius 2 is 1.96 bits per heavy atom. The highest BCUT2D eigenvalue weighted by Gasteiger charge is 2.14. The van der Waals surface area contributed by atoms with Crippen molar-refractivity contribution >= 4 is 46.0 Å². The summed E-state index contributed by atoms with van der Waals surface area (Å²) in [4.78, 5) is 10.5. The summed E-state index contributed by atoms with van der Waals surface area (Å²) in [6.07, 6.45) is 0. The molecule has 0 amide bonds. The molecular formula is C19H18ClN5O2S. The molecule has 3 aromatic rings. The number of halogens is 1. The molecule has 0 fully saturated rings. The van der Waals surface area contributed by atoms with Crippen LogP contribution in [-0.4, -0.2) is 19.8 Å². The van der Waals surface area contributed by atoms with Gasteiger partial charge in [0.1, 0.15) is 0 Å². The van der Waals surface area contributed by atoms with Gasteiger partial charge >= 0.3 is 0 Å². The molecular weight excluding hydrogens is 398 g/mol. The van der Waals surface area contributed by atoms with Crippen LogP contribution in [0.3, 0.4) is 0 Å². The van der Waals surface area contributed by atoms with Gasteiger partial charge in [0.25, 0.3) is 5.69 Å². The van der Waals surface area contributed by atoms with E-state index in [1.165, 1.54) is 12.1 Å². The fourth-order valence-corrected chi connectivity index (χ4v) is 3.21. The first kappa shape index (κ1) is 19.8. The molecule has 0 aliphatic heterocycles. The van der Waals surface area contributed by atoms with E-state index in [1.807, 2.05) is 42.8 Å². The van der Waals surface area contributed by atoms with Crippen molar-refractivity contribution in [3.63, 3.8) is 0 Å². The molecule has 0 aliphatic rings. The number of aryl methyl sites for hydroxylation is 1. The summed E-state index contributed by atoms with van der Waals surface area (Å²) >= 11 is 11.6. The molecule has 1 heterocycles. The van der Waals surface area contributed by atoms with E-state index in [-0.39, 0.29) is 5.69 Å². The fourth-order valence-electron chi connectivity index (χ4n) is 2.79. The van der Waals surface area contributed by atoms with E-state index in [1.54, 1.807) is 12.1 Å². The van der Waals surface area contributed by atoms with E-state index in [0.29, 0.717) is 22.4 Å². The van der Waals surface area contributed by atoms with E-state index in [9.17, 15) is 10.1 Å². The summed E-state index contributed by atoms with van der Waals surface area (Å²) in [6.45, 7) is 4.36. The zero-order valence-corrected chi connectivity index (χ0v) is 16.8. The minimum atomic E-state index is -0.450. The molecule has 2 N–H and O–H groups in total. The van der Waals surface area contributed by atoms with E-state index < -0.39 is 4.92 Å². The third-order valence-corrected chi connectivity index (χ3v) is 4.79. The van der Waals surface area contributed by atoms with Crippen molar-refractivity contribution in [2.24, 2.45) is 0 Å². The van der Waals surface area contributed by atoms with Crippen molar-refractivity contribution in [2.75, 3.05) is 10.6 Å². The van der Waals surface area contributed by atoms with Crippen molar-refractivity contribution < 1.29 is 4.92 Å². The Kier molecular flexibility index (Phi) is 5.91. The van der Waals surface area contributed by atoms with Crippen LogP contribution in [0.1, 0.15) is 17.0 Å². The van der Waals surface area contributed by atoms with Crippen LogP contribution in [0, 0.1) is 24.0 Å². The molecule has 28 heavy (non-hydrogen) atoms. The summed E-state index contributed by atoms with van der Waals surface area (Å²) in [5.74, 6) is 0. The lowest BCUT2D eigenvalue weighted by Gasteiger charge is -2.11. The molecule has 2 aromatic carbocycles. The second kappa shape index (κ2) is 8.37. The maximum Gasteiger partial charge on any atom is 0.271 e. The number of rotatable bonds is 5. The normalized spacial score (nSPS) is 10.5. The Balaban J connectivity index is 1.75. The molecule has 7 nitrogen and oxygen atoms in total. The van der Waals surface area contributed by atoms with Crippen LogP contribution in [-0.2, 0) is 6.54 Å². The molecule has 0 aliphatic carbocycles. The third-order valence-electron chi connectivity index (χ3n) is 4.21. The van der Waals surface area contributed by atoms with Gasteiger partial charge < -0.3 is 10.6 Å². The number of anilines is 2. The van der Waals surface area contributed by atoms with Crippen molar-refractivity contribution in [3.8, 4) is 0 Å². The molecule has 0 saturated heterocycles. The Hall–Kier alpha value is -2.97. The third kappa shape index (κ3) is 4.47. The Morgan fingerprint density at radius 3 is 2.68 bits per heavy atom. The fraction of sp³-hybridized carbons (Fsp3) is 0.158. The van der Waals surface area contributed by atoms with Crippen molar-refractivity contribution in [3.05, 3.63) is 80.6 Å². The van der Waals surface area contributed by atoms with Crippen LogP contribution < -0.4 is 10.6 Å². The molecule has 0 unspecified atom stereocenters. The zero-order valence-electron chi connectivity index (χ0n) is 15.3. The summed E-state index contributed by atoms with van der Waals surface area (Å²) in [7, 11) is 0. The molecule has 0 atom stereocenters. The molecule has 0 saturated carbocycles. The number of hydrogen-bond donors (Lipinski definition) is 2. The van der Waals surface area contributed by atoms with Gasteiger partial charge in [0.05, 0.1) is 28.5 Å². The number of benzene rings is 2. The molecule has 0 bridgehead atoms. The van der Waals surface area contributed by atoms with Crippen LogP contribution in [0.15, 0.2) is 48.5 Å². The molecule has 0 spiro atoms. The molecule has 3 rings (SSSR count). The number of thiocarbonyl (C=S) groups is 1. The number of nitro benzene ring substituents is 1. The highest BCUT2D eigenvalue weighted by atomic mass is 35.5. The second-order valence-corrected chi connectivity index (χ2v) is 7.00. The molecule has 144 valence electrons. The Bertz CT molecular complexity index is 1050. The first-order valence-corrected chi connectivity index (χ1v) is 9.23. The quantitative estimate of drug-likeness (QED) is 0.349.